The highest BCUT2D eigenvalue weighted by atomic mass is 35.5. The molecule has 0 spiro atoms. The first-order valence-corrected chi connectivity index (χ1v) is 11.0. The summed E-state index contributed by atoms with van der Waals surface area (Å²) in [5.74, 6) is -0.862. The number of hydrogen-bond donors (Lipinski definition) is 1. The number of nitrogens with zero attached hydrogens (tertiary/aromatic N) is 2. The molecule has 1 fully saturated rings. The van der Waals surface area contributed by atoms with E-state index in [2.05, 4.69) is 10.3 Å². The Balaban J connectivity index is 1.92. The minimum absolute atomic E-state index is 0.0651. The first kappa shape index (κ1) is 22.8. The number of aliphatic imine (C=N–C) groups is 1. The van der Waals surface area contributed by atoms with Gasteiger partial charge in [0.25, 0.3) is 0 Å². The van der Waals surface area contributed by atoms with Crippen LogP contribution < -0.4 is 5.32 Å². The van der Waals surface area contributed by atoms with Crippen LogP contribution in [0.15, 0.2) is 53.5 Å². The largest absolute Gasteiger partial charge is 0.462 e. The van der Waals surface area contributed by atoms with E-state index in [1.165, 1.54) is 23.7 Å². The predicted molar refractivity (Wildman–Crippen MR) is 122 cm³/mol. The first-order chi connectivity index (χ1) is 14.9. The third-order valence-electron chi connectivity index (χ3n) is 4.57. The van der Waals surface area contributed by atoms with Gasteiger partial charge in [-0.2, -0.15) is 0 Å². The Morgan fingerprint density at radius 1 is 1.23 bits per heavy atom. The summed E-state index contributed by atoms with van der Waals surface area (Å²) in [4.78, 5) is 43.1. The maximum atomic E-state index is 12.9. The number of rotatable bonds is 6. The number of hydrogen-bond acceptors (Lipinski definition) is 6. The second-order valence-electron chi connectivity index (χ2n) is 6.66. The molecule has 1 unspecified atom stereocenters. The Morgan fingerprint density at radius 3 is 2.58 bits per heavy atom. The molecular formula is C22H22ClN3O4S. The highest BCUT2D eigenvalue weighted by Crippen LogP contribution is 2.31. The molecule has 1 aliphatic rings. The minimum Gasteiger partial charge on any atom is -0.462 e. The molecule has 3 rings (SSSR count). The van der Waals surface area contributed by atoms with Crippen LogP contribution in [0.25, 0.3) is 0 Å². The fraction of sp³-hybridized carbons (Fsp3) is 0.273. The summed E-state index contributed by atoms with van der Waals surface area (Å²) >= 11 is 7.50. The topological polar surface area (TPSA) is 88.1 Å². The van der Waals surface area contributed by atoms with Gasteiger partial charge in [-0.1, -0.05) is 41.6 Å². The number of thioether (sulfide) groups is 1. The summed E-state index contributed by atoms with van der Waals surface area (Å²) in [6, 6.07) is 13.8. The number of carbonyl (C=O) groups is 3. The lowest BCUT2D eigenvalue weighted by Crippen LogP contribution is -2.45. The number of esters is 1. The van der Waals surface area contributed by atoms with E-state index in [9.17, 15) is 14.4 Å². The van der Waals surface area contributed by atoms with Crippen molar-refractivity contribution in [1.29, 1.82) is 0 Å². The molecule has 2 amide bonds. The summed E-state index contributed by atoms with van der Waals surface area (Å²) in [7, 11) is 1.54. The van der Waals surface area contributed by atoms with Crippen LogP contribution in [0.4, 0.5) is 5.69 Å². The van der Waals surface area contributed by atoms with Crippen molar-refractivity contribution in [2.75, 3.05) is 13.7 Å². The molecule has 0 radical (unpaired) electrons. The van der Waals surface area contributed by atoms with E-state index in [0.717, 1.165) is 5.56 Å². The van der Waals surface area contributed by atoms with Gasteiger partial charge in [0.15, 0.2) is 5.17 Å². The Labute approximate surface area is 189 Å². The van der Waals surface area contributed by atoms with Gasteiger partial charge in [0, 0.05) is 18.5 Å². The SMILES string of the molecule is CCOC(=O)c1ccc(N=C2SC(C(=O)NC)CC(=O)N2Cc2ccccc2Cl)cc1. The van der Waals surface area contributed by atoms with Crippen LogP contribution in [-0.2, 0) is 20.9 Å². The van der Waals surface area contributed by atoms with E-state index < -0.39 is 11.2 Å². The van der Waals surface area contributed by atoms with Gasteiger partial charge in [-0.25, -0.2) is 9.79 Å². The summed E-state index contributed by atoms with van der Waals surface area (Å²) < 4.78 is 4.99. The maximum Gasteiger partial charge on any atom is 0.338 e. The quantitative estimate of drug-likeness (QED) is 0.664. The van der Waals surface area contributed by atoms with Crippen LogP contribution in [0.1, 0.15) is 29.3 Å². The predicted octanol–water partition coefficient (Wildman–Crippen LogP) is 3.78. The average molecular weight is 460 g/mol. The van der Waals surface area contributed by atoms with Crippen molar-refractivity contribution in [3.05, 3.63) is 64.7 Å². The van der Waals surface area contributed by atoms with E-state index in [-0.39, 0.29) is 24.8 Å². The molecule has 1 saturated heterocycles. The smallest absolute Gasteiger partial charge is 0.338 e. The molecule has 0 saturated carbocycles. The molecule has 9 heteroatoms. The molecule has 0 bridgehead atoms. The second kappa shape index (κ2) is 10.5. The molecular weight excluding hydrogens is 438 g/mol. The second-order valence-corrected chi connectivity index (χ2v) is 8.23. The van der Waals surface area contributed by atoms with Gasteiger partial charge in [-0.15, -0.1) is 0 Å². The minimum atomic E-state index is -0.572. The van der Waals surface area contributed by atoms with E-state index >= 15 is 0 Å². The highest BCUT2D eigenvalue weighted by molar-refractivity contribution is 8.15. The number of amides is 2. The lowest BCUT2D eigenvalue weighted by Gasteiger charge is -2.31. The molecule has 1 atom stereocenters. The highest BCUT2D eigenvalue weighted by Gasteiger charge is 2.35. The third-order valence-corrected chi connectivity index (χ3v) is 6.12. The molecule has 0 aromatic heterocycles. The van der Waals surface area contributed by atoms with E-state index in [1.54, 1.807) is 37.3 Å². The number of carbonyl (C=O) groups excluding carboxylic acids is 3. The molecule has 1 heterocycles. The van der Waals surface area contributed by atoms with Gasteiger partial charge in [0.2, 0.25) is 11.8 Å². The molecule has 0 aliphatic carbocycles. The number of amidine groups is 1. The van der Waals surface area contributed by atoms with Crippen LogP contribution in [0.5, 0.6) is 0 Å². The van der Waals surface area contributed by atoms with Crippen molar-refractivity contribution < 1.29 is 19.1 Å². The number of ether oxygens (including phenoxy) is 1. The monoisotopic (exact) mass is 459 g/mol. The molecule has 162 valence electrons. The molecule has 7 nitrogen and oxygen atoms in total. The summed E-state index contributed by atoms with van der Waals surface area (Å²) in [6.07, 6.45) is 0.0651. The van der Waals surface area contributed by atoms with Gasteiger partial charge in [-0.05, 0) is 42.8 Å². The van der Waals surface area contributed by atoms with Crippen molar-refractivity contribution in [3.8, 4) is 0 Å². The normalized spacial score (nSPS) is 17.5. The molecule has 1 aliphatic heterocycles. The molecule has 2 aromatic rings. The van der Waals surface area contributed by atoms with Gasteiger partial charge in [0.1, 0.15) is 0 Å². The zero-order chi connectivity index (χ0) is 22.4. The molecule has 2 aromatic carbocycles. The maximum absolute atomic E-state index is 12.9. The molecule has 1 N–H and O–H groups in total. The van der Waals surface area contributed by atoms with Crippen molar-refractivity contribution in [3.63, 3.8) is 0 Å². The van der Waals surface area contributed by atoms with Crippen molar-refractivity contribution in [2.24, 2.45) is 4.99 Å². The molecule has 31 heavy (non-hydrogen) atoms. The third kappa shape index (κ3) is 5.65. The van der Waals surface area contributed by atoms with Crippen LogP contribution in [-0.4, -0.2) is 46.8 Å². The van der Waals surface area contributed by atoms with Crippen LogP contribution >= 0.6 is 23.4 Å². The van der Waals surface area contributed by atoms with Gasteiger partial charge < -0.3 is 10.1 Å². The van der Waals surface area contributed by atoms with Crippen molar-refractivity contribution in [1.82, 2.24) is 10.2 Å². The summed E-state index contributed by atoms with van der Waals surface area (Å²) in [5.41, 5.74) is 1.74. The van der Waals surface area contributed by atoms with Crippen molar-refractivity contribution in [2.45, 2.75) is 25.1 Å². The van der Waals surface area contributed by atoms with Crippen LogP contribution in [0, 0.1) is 0 Å². The lowest BCUT2D eigenvalue weighted by atomic mass is 10.2. The van der Waals surface area contributed by atoms with Gasteiger partial charge in [-0.3, -0.25) is 14.5 Å². The van der Waals surface area contributed by atoms with Gasteiger partial charge in [0.05, 0.1) is 29.7 Å². The van der Waals surface area contributed by atoms with Gasteiger partial charge >= 0.3 is 5.97 Å². The zero-order valence-corrected chi connectivity index (χ0v) is 18.7. The summed E-state index contributed by atoms with van der Waals surface area (Å²) in [6.45, 7) is 2.28. The van der Waals surface area contributed by atoms with E-state index in [4.69, 9.17) is 16.3 Å². The Kier molecular flexibility index (Phi) is 7.70. The fourth-order valence-electron chi connectivity index (χ4n) is 2.95. The summed E-state index contributed by atoms with van der Waals surface area (Å²) in [5, 5.41) is 2.96. The Hall–Kier alpha value is -2.84. The van der Waals surface area contributed by atoms with Crippen LogP contribution in [0.3, 0.4) is 0 Å². The Bertz CT molecular complexity index is 1010. The van der Waals surface area contributed by atoms with Crippen LogP contribution in [0.2, 0.25) is 5.02 Å². The Morgan fingerprint density at radius 2 is 1.94 bits per heavy atom. The standard InChI is InChI=1S/C22H22ClN3O4S/c1-3-30-21(29)14-8-10-16(11-9-14)25-22-26(13-15-6-4-5-7-17(15)23)19(27)12-18(31-22)20(28)24-2/h4-11,18H,3,12-13H2,1-2H3,(H,24,28). The number of nitrogens with one attached hydrogen (secondary N) is 1. The number of benzene rings is 2. The zero-order valence-electron chi connectivity index (χ0n) is 17.1. The number of halogens is 1. The van der Waals surface area contributed by atoms with E-state index in [0.29, 0.717) is 28.0 Å². The van der Waals surface area contributed by atoms with Crippen molar-refractivity contribution >= 4 is 52.0 Å². The average Bonchev–Trinajstić information content (AvgIpc) is 2.77. The lowest BCUT2D eigenvalue weighted by molar-refractivity contribution is -0.130. The fourth-order valence-corrected chi connectivity index (χ4v) is 4.30. The first-order valence-electron chi connectivity index (χ1n) is 9.70. The van der Waals surface area contributed by atoms with E-state index in [1.807, 2.05) is 18.2 Å².